The number of allylic oxidation sites excluding steroid dienone is 6. The number of carbonyl (C=O) groups is 1. The minimum Gasteiger partial charge on any atom is -0.466 e. The van der Waals surface area contributed by atoms with Gasteiger partial charge in [-0.05, 0) is 76.7 Å². The normalized spacial score (nSPS) is 28.9. The summed E-state index contributed by atoms with van der Waals surface area (Å²) in [7, 11) is -0.476. The Morgan fingerprint density at radius 1 is 1.03 bits per heavy atom. The van der Waals surface area contributed by atoms with Crippen LogP contribution in [0.15, 0.2) is 47.6 Å². The number of aliphatic hydroxyl groups is 1. The summed E-state index contributed by atoms with van der Waals surface area (Å²) in [5.41, 5.74) is -0.124. The van der Waals surface area contributed by atoms with E-state index in [2.05, 4.69) is 45.1 Å². The molecular formula is C24H40O4Si. The minimum absolute atomic E-state index is 0.286. The zero-order valence-corrected chi connectivity index (χ0v) is 20.8. The van der Waals surface area contributed by atoms with Crippen LogP contribution in [-0.2, 0) is 14.0 Å². The molecular weight excluding hydrogens is 380 g/mol. The maximum atomic E-state index is 11.9. The van der Waals surface area contributed by atoms with E-state index in [9.17, 15) is 9.90 Å². The molecule has 0 aliphatic heterocycles. The third kappa shape index (κ3) is 6.80. The van der Waals surface area contributed by atoms with Crippen LogP contribution in [0.5, 0.6) is 0 Å². The van der Waals surface area contributed by atoms with Gasteiger partial charge in [0.2, 0.25) is 0 Å². The lowest BCUT2D eigenvalue weighted by molar-refractivity contribution is -0.185. The average molecular weight is 421 g/mol. The van der Waals surface area contributed by atoms with Gasteiger partial charge in [0.15, 0.2) is 8.32 Å². The van der Waals surface area contributed by atoms with E-state index >= 15 is 0 Å². The van der Waals surface area contributed by atoms with Gasteiger partial charge < -0.3 is 14.3 Å². The second kappa shape index (κ2) is 9.58. The van der Waals surface area contributed by atoms with Gasteiger partial charge in [0.25, 0.3) is 0 Å². The summed E-state index contributed by atoms with van der Waals surface area (Å²) in [6, 6.07) is 0. The Labute approximate surface area is 178 Å². The van der Waals surface area contributed by atoms with Gasteiger partial charge in [-0.3, -0.25) is 0 Å². The number of hydrogen-bond acceptors (Lipinski definition) is 4. The van der Waals surface area contributed by atoms with E-state index in [-0.39, 0.29) is 11.4 Å². The first-order valence-electron chi connectivity index (χ1n) is 10.4. The van der Waals surface area contributed by atoms with Crippen LogP contribution in [0.1, 0.15) is 53.9 Å². The maximum Gasteiger partial charge on any atom is 0.330 e. The highest BCUT2D eigenvalue weighted by atomic mass is 28.4. The molecule has 1 aliphatic carbocycles. The highest BCUT2D eigenvalue weighted by molar-refractivity contribution is 6.69. The summed E-state index contributed by atoms with van der Waals surface area (Å²) in [5.74, 6) is -0.365. The molecule has 0 aromatic carbocycles. The average Bonchev–Trinajstić information content (AvgIpc) is 2.56. The van der Waals surface area contributed by atoms with Crippen molar-refractivity contribution in [3.63, 3.8) is 0 Å². The van der Waals surface area contributed by atoms with Crippen molar-refractivity contribution in [1.82, 2.24) is 0 Å². The van der Waals surface area contributed by atoms with Crippen molar-refractivity contribution < 1.29 is 19.1 Å². The number of esters is 1. The summed E-state index contributed by atoms with van der Waals surface area (Å²) < 4.78 is 11.2. The summed E-state index contributed by atoms with van der Waals surface area (Å²) in [6.07, 6.45) is 13.9. The molecule has 0 radical (unpaired) electrons. The number of methoxy groups -OCH3 is 1. The fourth-order valence-corrected chi connectivity index (χ4v) is 5.73. The zero-order chi connectivity index (χ0) is 22.5. The Kier molecular flexibility index (Phi) is 8.46. The molecule has 0 aromatic rings. The lowest BCUT2D eigenvalue weighted by atomic mass is 9.58. The Balaban J connectivity index is 3.12. The second-order valence-electron chi connectivity index (χ2n) is 9.96. The third-order valence-electron chi connectivity index (χ3n) is 5.68. The van der Waals surface area contributed by atoms with E-state index in [1.54, 1.807) is 0 Å². The number of carbonyl (C=O) groups excluding carboxylic acids is 1. The summed E-state index contributed by atoms with van der Waals surface area (Å²) in [6.45, 7) is 16.7. The van der Waals surface area contributed by atoms with Crippen LogP contribution < -0.4 is 0 Å². The van der Waals surface area contributed by atoms with Crippen LogP contribution in [-0.4, -0.2) is 37.7 Å². The molecule has 29 heavy (non-hydrogen) atoms. The first-order chi connectivity index (χ1) is 13.2. The summed E-state index contributed by atoms with van der Waals surface area (Å²) >= 11 is 0. The highest BCUT2D eigenvalue weighted by Crippen LogP contribution is 2.52. The topological polar surface area (TPSA) is 55.8 Å². The highest BCUT2D eigenvalue weighted by Gasteiger charge is 2.58. The number of hydrogen-bond donors (Lipinski definition) is 1. The Morgan fingerprint density at radius 3 is 2.21 bits per heavy atom. The molecule has 1 rings (SSSR count). The Hall–Kier alpha value is -1.43. The van der Waals surface area contributed by atoms with Crippen molar-refractivity contribution in [2.45, 2.75) is 84.7 Å². The first-order valence-corrected chi connectivity index (χ1v) is 13.8. The fraction of sp³-hybridized carbons (Fsp3) is 0.625. The molecule has 164 valence electrons. The van der Waals surface area contributed by atoms with Crippen LogP contribution in [0.3, 0.4) is 0 Å². The smallest absolute Gasteiger partial charge is 0.330 e. The standard InChI is InChI=1S/C24H40O4Si/c1-19(12-10-13-20(2)18-21(25)27-6)14-17-24(26)22(3,4)15-11-16-23(24,5)28-29(7,8)9/h10,12-14,17-18,26H,11,15-16H2,1-9H3/b13-10+,17-14+,19-12+,20-18+/t23-,24+/m0/s1. The van der Waals surface area contributed by atoms with E-state index < -0.39 is 19.5 Å². The van der Waals surface area contributed by atoms with Gasteiger partial charge in [0, 0.05) is 6.08 Å². The minimum atomic E-state index is -1.84. The van der Waals surface area contributed by atoms with Gasteiger partial charge in [-0.2, -0.15) is 0 Å². The second-order valence-corrected chi connectivity index (χ2v) is 14.4. The van der Waals surface area contributed by atoms with E-state index in [4.69, 9.17) is 4.43 Å². The molecule has 0 bridgehead atoms. The maximum absolute atomic E-state index is 11.9. The van der Waals surface area contributed by atoms with Crippen LogP contribution in [0.2, 0.25) is 19.6 Å². The summed E-state index contributed by atoms with van der Waals surface area (Å²) in [4.78, 5) is 11.3. The number of ether oxygens (including phenoxy) is 1. The van der Waals surface area contributed by atoms with Crippen LogP contribution in [0.25, 0.3) is 0 Å². The summed E-state index contributed by atoms with van der Waals surface area (Å²) in [5, 5.41) is 11.9. The van der Waals surface area contributed by atoms with E-state index in [1.165, 1.54) is 13.2 Å². The van der Waals surface area contributed by atoms with Crippen molar-refractivity contribution in [3.05, 3.63) is 47.6 Å². The predicted octanol–water partition coefficient (Wildman–Crippen LogP) is 5.72. The van der Waals surface area contributed by atoms with Crippen molar-refractivity contribution in [3.8, 4) is 0 Å². The molecule has 1 N–H and O–H groups in total. The van der Waals surface area contributed by atoms with Gasteiger partial charge in [-0.15, -0.1) is 0 Å². The van der Waals surface area contributed by atoms with Gasteiger partial charge in [0.05, 0.1) is 12.7 Å². The molecule has 0 amide bonds. The van der Waals surface area contributed by atoms with Crippen LogP contribution in [0, 0.1) is 5.41 Å². The van der Waals surface area contributed by atoms with Crippen LogP contribution >= 0.6 is 0 Å². The molecule has 0 spiro atoms. The fourth-order valence-electron chi connectivity index (χ4n) is 4.12. The van der Waals surface area contributed by atoms with E-state index in [1.807, 2.05) is 44.2 Å². The third-order valence-corrected chi connectivity index (χ3v) is 6.74. The largest absolute Gasteiger partial charge is 0.466 e. The SMILES string of the molecule is COC(=O)/C=C(C)/C=C/C=C(C)/C=C/[C@@]1(O)C(C)(C)CCC[C@]1(C)O[Si](C)(C)C. The molecule has 2 atom stereocenters. The van der Waals surface area contributed by atoms with Gasteiger partial charge >= 0.3 is 5.97 Å². The van der Waals surface area contributed by atoms with Crippen LogP contribution in [0.4, 0.5) is 0 Å². The Morgan fingerprint density at radius 2 is 1.66 bits per heavy atom. The molecule has 1 saturated carbocycles. The lowest BCUT2D eigenvalue weighted by Gasteiger charge is -2.57. The lowest BCUT2D eigenvalue weighted by Crippen LogP contribution is -2.65. The van der Waals surface area contributed by atoms with E-state index in [0.29, 0.717) is 0 Å². The van der Waals surface area contributed by atoms with Crippen molar-refractivity contribution in [1.29, 1.82) is 0 Å². The zero-order valence-electron chi connectivity index (χ0n) is 19.8. The van der Waals surface area contributed by atoms with Gasteiger partial charge in [-0.25, -0.2) is 4.79 Å². The molecule has 1 aliphatic rings. The van der Waals surface area contributed by atoms with Gasteiger partial charge in [-0.1, -0.05) is 43.7 Å². The van der Waals surface area contributed by atoms with E-state index in [0.717, 1.165) is 30.4 Å². The van der Waals surface area contributed by atoms with Crippen molar-refractivity contribution in [2.75, 3.05) is 7.11 Å². The number of rotatable bonds is 7. The molecule has 0 unspecified atom stereocenters. The van der Waals surface area contributed by atoms with Crippen molar-refractivity contribution in [2.24, 2.45) is 5.41 Å². The molecule has 0 aromatic heterocycles. The monoisotopic (exact) mass is 420 g/mol. The Bertz CT molecular complexity index is 709. The first kappa shape index (κ1) is 25.6. The quantitative estimate of drug-likeness (QED) is 0.248. The molecule has 1 fully saturated rings. The van der Waals surface area contributed by atoms with Gasteiger partial charge in [0.1, 0.15) is 5.60 Å². The van der Waals surface area contributed by atoms with Crippen molar-refractivity contribution >= 4 is 14.3 Å². The predicted molar refractivity (Wildman–Crippen MR) is 123 cm³/mol. The molecule has 4 nitrogen and oxygen atoms in total. The molecule has 0 heterocycles. The molecule has 0 saturated heterocycles. The molecule has 5 heteroatoms.